The molecule has 0 radical (unpaired) electrons. The van der Waals surface area contributed by atoms with Crippen LogP contribution in [0.25, 0.3) is 33.2 Å². The highest BCUT2D eigenvalue weighted by atomic mass is 19.2. The van der Waals surface area contributed by atoms with E-state index in [1.54, 1.807) is 17.9 Å². The van der Waals surface area contributed by atoms with Crippen LogP contribution in [0.2, 0.25) is 0 Å². The van der Waals surface area contributed by atoms with Gasteiger partial charge in [0, 0.05) is 62.8 Å². The van der Waals surface area contributed by atoms with Crippen LogP contribution in [0.3, 0.4) is 0 Å². The van der Waals surface area contributed by atoms with Gasteiger partial charge in [0.05, 0.1) is 10.9 Å². The van der Waals surface area contributed by atoms with Crippen molar-refractivity contribution < 1.29 is 8.78 Å². The second-order valence-corrected chi connectivity index (χ2v) is 11.6. The predicted octanol–water partition coefficient (Wildman–Crippen LogP) is 5.32. The van der Waals surface area contributed by atoms with Crippen molar-refractivity contribution in [3.8, 4) is 11.1 Å². The lowest BCUT2D eigenvalue weighted by Gasteiger charge is -2.41. The molecule has 0 bridgehead atoms. The van der Waals surface area contributed by atoms with Gasteiger partial charge in [-0.2, -0.15) is 0 Å². The Morgan fingerprint density at radius 1 is 0.881 bits per heavy atom. The Morgan fingerprint density at radius 3 is 2.33 bits per heavy atom. The summed E-state index contributed by atoms with van der Waals surface area (Å²) in [6.45, 7) is 4.60. The Morgan fingerprint density at radius 2 is 1.60 bits per heavy atom. The monoisotopic (exact) mass is 571 g/mol. The molecule has 218 valence electrons. The fraction of sp³-hybridized carbons (Fsp3) is 0.387. The highest BCUT2D eigenvalue weighted by molar-refractivity contribution is 6.00. The van der Waals surface area contributed by atoms with Crippen LogP contribution in [-0.2, 0) is 7.05 Å². The average Bonchev–Trinajstić information content (AvgIpc) is 3.55. The zero-order chi connectivity index (χ0) is 29.0. The number of hydrogen-bond acceptors (Lipinski definition) is 7. The Bertz CT molecular complexity index is 1740. The first-order valence-corrected chi connectivity index (χ1v) is 14.6. The summed E-state index contributed by atoms with van der Waals surface area (Å²) in [5.74, 6) is -0.975. The third kappa shape index (κ3) is 4.66. The number of anilines is 3. The summed E-state index contributed by atoms with van der Waals surface area (Å²) in [6.07, 6.45) is 8.31. The van der Waals surface area contributed by atoms with Crippen molar-refractivity contribution in [3.63, 3.8) is 0 Å². The van der Waals surface area contributed by atoms with Crippen molar-refractivity contribution in [1.29, 1.82) is 0 Å². The van der Waals surface area contributed by atoms with E-state index in [1.807, 2.05) is 24.3 Å². The number of piperazine rings is 1. The Labute approximate surface area is 243 Å². The summed E-state index contributed by atoms with van der Waals surface area (Å²) in [5.41, 5.74) is 10.6. The molecule has 0 atom stereocenters. The van der Waals surface area contributed by atoms with E-state index >= 15 is 0 Å². The van der Waals surface area contributed by atoms with Crippen molar-refractivity contribution in [2.45, 2.75) is 37.8 Å². The minimum absolute atomic E-state index is 0.00234. The van der Waals surface area contributed by atoms with Gasteiger partial charge in [-0.1, -0.05) is 12.1 Å². The normalized spacial score (nSPS) is 20.5. The van der Waals surface area contributed by atoms with Gasteiger partial charge in [0.25, 0.3) is 0 Å². The number of imidazole rings is 1. The molecule has 0 spiro atoms. The molecule has 0 amide bonds. The lowest BCUT2D eigenvalue weighted by atomic mass is 9.89. The molecule has 1 aliphatic carbocycles. The number of aromatic nitrogens is 5. The van der Waals surface area contributed by atoms with E-state index in [2.05, 4.69) is 47.9 Å². The minimum Gasteiger partial charge on any atom is -0.383 e. The van der Waals surface area contributed by atoms with Gasteiger partial charge in [-0.3, -0.25) is 4.90 Å². The second kappa shape index (κ2) is 10.6. The number of rotatable bonds is 5. The fourth-order valence-electron chi connectivity index (χ4n) is 6.67. The van der Waals surface area contributed by atoms with Crippen LogP contribution >= 0.6 is 0 Å². The molecular weight excluding hydrogens is 536 g/mol. The number of aryl methyl sites for hydroxylation is 1. The topological polar surface area (TPSA) is 93.1 Å². The molecular formula is C31H35F2N9. The van der Waals surface area contributed by atoms with Crippen LogP contribution in [-0.4, -0.2) is 73.2 Å². The van der Waals surface area contributed by atoms with Crippen LogP contribution in [0.1, 0.15) is 31.7 Å². The first-order valence-electron chi connectivity index (χ1n) is 14.6. The van der Waals surface area contributed by atoms with Gasteiger partial charge in [0.2, 0.25) is 5.95 Å². The molecule has 11 heteroatoms. The molecule has 3 N–H and O–H groups in total. The molecule has 1 aliphatic heterocycles. The van der Waals surface area contributed by atoms with Crippen molar-refractivity contribution in [3.05, 3.63) is 60.6 Å². The van der Waals surface area contributed by atoms with Crippen molar-refractivity contribution in [2.75, 3.05) is 44.3 Å². The lowest BCUT2D eigenvalue weighted by molar-refractivity contribution is 0.0828. The van der Waals surface area contributed by atoms with Gasteiger partial charge in [-0.15, -0.1) is 0 Å². The number of halogens is 2. The molecule has 2 fully saturated rings. The Balaban J connectivity index is 1.13. The first-order chi connectivity index (χ1) is 20.4. The standard InChI is InChI=1S/C31H35F2N9/c1-39-13-15-41(16-14-39)21-7-9-22(10-8-21)42-17-23(26-29(34)35-18-36-30(26)42)19-3-5-20(6-4-19)37-31-38-28-25(40(31)2)12-11-24(32)27(28)33/h3-6,11-12,17-18,21-22H,7-10,13-16H2,1-2H3,(H,37,38)(H2,34,35,36)/t21-,22+. The maximum Gasteiger partial charge on any atom is 0.208 e. The number of likely N-dealkylation sites (N-methyl/N-ethyl adjacent to an activating group) is 1. The number of fused-ring (bicyclic) bond motifs is 2. The summed E-state index contributed by atoms with van der Waals surface area (Å²) in [4.78, 5) is 18.4. The SMILES string of the molecule is CN1CCN([C@H]2CC[C@@H](n3cc(-c4ccc(Nc5nc6c(F)c(F)ccc6n5C)cc4)c4c(N)ncnc43)CC2)CC1. The molecule has 3 aromatic heterocycles. The predicted molar refractivity (Wildman–Crippen MR) is 162 cm³/mol. The number of nitrogens with one attached hydrogen (secondary N) is 1. The number of nitrogens with zero attached hydrogens (tertiary/aromatic N) is 7. The molecule has 0 unspecified atom stereocenters. The molecule has 9 nitrogen and oxygen atoms in total. The van der Waals surface area contributed by atoms with Gasteiger partial charge in [0.15, 0.2) is 11.6 Å². The lowest BCUT2D eigenvalue weighted by Crippen LogP contribution is -2.49. The number of benzene rings is 2. The maximum atomic E-state index is 14.3. The van der Waals surface area contributed by atoms with Gasteiger partial charge >= 0.3 is 0 Å². The Hall–Kier alpha value is -4.09. The third-order valence-electron chi connectivity index (χ3n) is 9.15. The van der Waals surface area contributed by atoms with Crippen LogP contribution in [0.5, 0.6) is 0 Å². The smallest absolute Gasteiger partial charge is 0.208 e. The number of hydrogen-bond donors (Lipinski definition) is 2. The molecule has 2 aliphatic rings. The Kier molecular flexibility index (Phi) is 6.78. The van der Waals surface area contributed by atoms with Crippen LogP contribution in [0.4, 0.5) is 26.2 Å². The highest BCUT2D eigenvalue weighted by Crippen LogP contribution is 2.39. The van der Waals surface area contributed by atoms with E-state index in [-0.39, 0.29) is 5.52 Å². The van der Waals surface area contributed by atoms with Crippen LogP contribution in [0.15, 0.2) is 48.9 Å². The van der Waals surface area contributed by atoms with Crippen LogP contribution in [0, 0.1) is 11.6 Å². The highest BCUT2D eigenvalue weighted by Gasteiger charge is 2.30. The summed E-state index contributed by atoms with van der Waals surface area (Å²) in [5, 5.41) is 4.10. The van der Waals surface area contributed by atoms with E-state index in [4.69, 9.17) is 5.73 Å². The van der Waals surface area contributed by atoms with E-state index in [0.29, 0.717) is 29.4 Å². The van der Waals surface area contributed by atoms with Crippen LogP contribution < -0.4 is 11.1 Å². The quantitative estimate of drug-likeness (QED) is 0.295. The fourth-order valence-corrected chi connectivity index (χ4v) is 6.67. The van der Waals surface area contributed by atoms with Gasteiger partial charge in [0.1, 0.15) is 23.3 Å². The molecule has 7 rings (SSSR count). The summed E-state index contributed by atoms with van der Waals surface area (Å²) in [6, 6.07) is 11.6. The van der Waals surface area contributed by atoms with Gasteiger partial charge in [-0.25, -0.2) is 23.7 Å². The molecule has 42 heavy (non-hydrogen) atoms. The van der Waals surface area contributed by atoms with E-state index in [9.17, 15) is 8.78 Å². The zero-order valence-electron chi connectivity index (χ0n) is 23.9. The molecule has 1 saturated carbocycles. The summed E-state index contributed by atoms with van der Waals surface area (Å²) >= 11 is 0. The van der Waals surface area contributed by atoms with Crippen molar-refractivity contribution in [1.82, 2.24) is 33.9 Å². The minimum atomic E-state index is -0.949. The van der Waals surface area contributed by atoms with Crippen molar-refractivity contribution >= 4 is 39.5 Å². The van der Waals surface area contributed by atoms with E-state index in [0.717, 1.165) is 72.9 Å². The average molecular weight is 572 g/mol. The maximum absolute atomic E-state index is 14.3. The summed E-state index contributed by atoms with van der Waals surface area (Å²) < 4.78 is 32.0. The zero-order valence-corrected chi connectivity index (χ0v) is 23.9. The number of nitrogens with two attached hydrogens (primary N) is 1. The number of nitrogen functional groups attached to an aromatic ring is 1. The third-order valence-corrected chi connectivity index (χ3v) is 9.15. The van der Waals surface area contributed by atoms with Crippen molar-refractivity contribution in [2.24, 2.45) is 7.05 Å². The van der Waals surface area contributed by atoms with Gasteiger partial charge < -0.3 is 25.1 Å². The summed E-state index contributed by atoms with van der Waals surface area (Å²) in [7, 11) is 3.97. The van der Waals surface area contributed by atoms with E-state index < -0.39 is 11.6 Å². The largest absolute Gasteiger partial charge is 0.383 e. The molecule has 1 saturated heterocycles. The first kappa shape index (κ1) is 26.8. The molecule has 5 aromatic rings. The second-order valence-electron chi connectivity index (χ2n) is 11.6. The molecule has 2 aromatic carbocycles. The van der Waals surface area contributed by atoms with Gasteiger partial charge in [-0.05, 0) is 62.6 Å². The van der Waals surface area contributed by atoms with E-state index in [1.165, 1.54) is 18.9 Å². The molecule has 4 heterocycles.